The first-order valence-electron chi connectivity index (χ1n) is 9.34. The van der Waals surface area contributed by atoms with Gasteiger partial charge in [0.25, 0.3) is 0 Å². The van der Waals surface area contributed by atoms with Crippen molar-refractivity contribution in [3.05, 3.63) is 46.2 Å². The van der Waals surface area contributed by atoms with Crippen LogP contribution < -0.4 is 20.1 Å². The zero-order chi connectivity index (χ0) is 21.2. The summed E-state index contributed by atoms with van der Waals surface area (Å²) in [5.41, 5.74) is 0.890. The van der Waals surface area contributed by atoms with Crippen molar-refractivity contribution < 1.29 is 23.8 Å². The molecule has 2 N–H and O–H groups in total. The van der Waals surface area contributed by atoms with Crippen LogP contribution >= 0.6 is 11.3 Å². The second kappa shape index (κ2) is 11.4. The molecular weight excluding hydrogens is 392 g/mol. The molecule has 8 heteroatoms. The van der Waals surface area contributed by atoms with Gasteiger partial charge < -0.3 is 24.8 Å². The van der Waals surface area contributed by atoms with E-state index in [2.05, 4.69) is 10.6 Å². The Morgan fingerprint density at radius 1 is 1.10 bits per heavy atom. The molecule has 7 nitrogen and oxygen atoms in total. The molecule has 1 heterocycles. The summed E-state index contributed by atoms with van der Waals surface area (Å²) in [6.45, 7) is 4.25. The highest BCUT2D eigenvalue weighted by Crippen LogP contribution is 2.30. The number of rotatable bonds is 11. The molecule has 158 valence electrons. The smallest absolute Gasteiger partial charge is 0.222 e. The van der Waals surface area contributed by atoms with Crippen LogP contribution in [-0.4, -0.2) is 39.2 Å². The molecule has 2 atom stereocenters. The van der Waals surface area contributed by atoms with Crippen molar-refractivity contribution >= 4 is 23.2 Å². The zero-order valence-corrected chi connectivity index (χ0v) is 18.0. The number of thiophene rings is 1. The SMILES string of the molecule is COCCOc1ccc(C(C)NC(=O)CC(NC(C)=O)c2cccs2)cc1OC. The number of methoxy groups -OCH3 is 2. The van der Waals surface area contributed by atoms with E-state index in [9.17, 15) is 9.59 Å². The Bertz CT molecular complexity index is 794. The lowest BCUT2D eigenvalue weighted by Gasteiger charge is -2.20. The third kappa shape index (κ3) is 7.07. The monoisotopic (exact) mass is 420 g/mol. The number of benzene rings is 1. The van der Waals surface area contributed by atoms with Gasteiger partial charge in [0.1, 0.15) is 6.61 Å². The molecule has 0 bridgehead atoms. The van der Waals surface area contributed by atoms with Crippen LogP contribution in [0.1, 0.15) is 42.8 Å². The second-order valence-corrected chi connectivity index (χ2v) is 7.49. The van der Waals surface area contributed by atoms with E-state index in [0.29, 0.717) is 24.7 Å². The Labute approximate surface area is 175 Å². The average Bonchev–Trinajstić information content (AvgIpc) is 3.22. The molecule has 2 amide bonds. The predicted octanol–water partition coefficient (Wildman–Crippen LogP) is 3.23. The Kier molecular flexibility index (Phi) is 8.95. The summed E-state index contributed by atoms with van der Waals surface area (Å²) >= 11 is 1.51. The van der Waals surface area contributed by atoms with Gasteiger partial charge in [-0.25, -0.2) is 0 Å². The van der Waals surface area contributed by atoms with Gasteiger partial charge in [-0.2, -0.15) is 0 Å². The predicted molar refractivity (Wildman–Crippen MR) is 112 cm³/mol. The van der Waals surface area contributed by atoms with Crippen LogP contribution in [-0.2, 0) is 14.3 Å². The molecule has 1 aromatic carbocycles. The van der Waals surface area contributed by atoms with Crippen LogP contribution in [0.15, 0.2) is 35.7 Å². The maximum atomic E-state index is 12.6. The third-order valence-electron chi connectivity index (χ3n) is 4.26. The standard InChI is InChI=1S/C21H28N2O5S/c1-14(16-7-8-18(19(12-16)27-4)28-10-9-26-3)22-21(25)13-17(23-15(2)24)20-6-5-11-29-20/h5-8,11-12,14,17H,9-10,13H2,1-4H3,(H,22,25)(H,23,24). The second-order valence-electron chi connectivity index (χ2n) is 6.51. The molecule has 2 aromatic rings. The lowest BCUT2D eigenvalue weighted by molar-refractivity contribution is -0.123. The van der Waals surface area contributed by atoms with Crippen molar-refractivity contribution in [2.24, 2.45) is 0 Å². The van der Waals surface area contributed by atoms with Crippen molar-refractivity contribution in [3.8, 4) is 11.5 Å². The summed E-state index contributed by atoms with van der Waals surface area (Å²) in [7, 11) is 3.19. The molecule has 0 aliphatic rings. The molecule has 0 aliphatic carbocycles. The Hall–Kier alpha value is -2.58. The minimum absolute atomic E-state index is 0.149. The van der Waals surface area contributed by atoms with Crippen molar-refractivity contribution in [3.63, 3.8) is 0 Å². The van der Waals surface area contributed by atoms with E-state index in [4.69, 9.17) is 14.2 Å². The highest BCUT2D eigenvalue weighted by atomic mass is 32.1. The number of nitrogens with one attached hydrogen (secondary N) is 2. The van der Waals surface area contributed by atoms with Crippen molar-refractivity contribution in [1.82, 2.24) is 10.6 Å². The van der Waals surface area contributed by atoms with Gasteiger partial charge in [0.2, 0.25) is 11.8 Å². The molecule has 0 saturated heterocycles. The van der Waals surface area contributed by atoms with E-state index in [-0.39, 0.29) is 30.3 Å². The van der Waals surface area contributed by atoms with E-state index in [1.165, 1.54) is 18.3 Å². The molecule has 0 aliphatic heterocycles. The summed E-state index contributed by atoms with van der Waals surface area (Å²) in [4.78, 5) is 25.0. The number of amides is 2. The number of hydrogen-bond acceptors (Lipinski definition) is 6. The van der Waals surface area contributed by atoms with Gasteiger partial charge in [0.05, 0.1) is 32.2 Å². The highest BCUT2D eigenvalue weighted by molar-refractivity contribution is 7.10. The molecule has 0 fully saturated rings. The molecule has 0 saturated carbocycles. The highest BCUT2D eigenvalue weighted by Gasteiger charge is 2.20. The summed E-state index contributed by atoms with van der Waals surface area (Å²) in [6, 6.07) is 8.79. The van der Waals surface area contributed by atoms with Gasteiger partial charge >= 0.3 is 0 Å². The van der Waals surface area contributed by atoms with Gasteiger partial charge in [-0.05, 0) is 36.1 Å². The van der Waals surface area contributed by atoms with Crippen molar-refractivity contribution in [2.75, 3.05) is 27.4 Å². The van der Waals surface area contributed by atoms with Crippen molar-refractivity contribution in [2.45, 2.75) is 32.4 Å². The average molecular weight is 421 g/mol. The molecule has 0 radical (unpaired) electrons. The lowest BCUT2D eigenvalue weighted by atomic mass is 10.1. The lowest BCUT2D eigenvalue weighted by Crippen LogP contribution is -2.33. The summed E-state index contributed by atoms with van der Waals surface area (Å²) in [5.74, 6) is 0.895. The number of carbonyl (C=O) groups excluding carboxylic acids is 2. The van der Waals surface area contributed by atoms with Crippen LogP contribution in [0.5, 0.6) is 11.5 Å². The topological polar surface area (TPSA) is 85.9 Å². The van der Waals surface area contributed by atoms with Gasteiger partial charge in [-0.3, -0.25) is 9.59 Å². The Morgan fingerprint density at radius 3 is 2.52 bits per heavy atom. The maximum absolute atomic E-state index is 12.6. The maximum Gasteiger partial charge on any atom is 0.222 e. The van der Waals surface area contributed by atoms with Crippen LogP contribution in [0.3, 0.4) is 0 Å². The van der Waals surface area contributed by atoms with Crippen molar-refractivity contribution in [1.29, 1.82) is 0 Å². The van der Waals surface area contributed by atoms with E-state index in [0.717, 1.165) is 10.4 Å². The van der Waals surface area contributed by atoms with Gasteiger partial charge in [-0.1, -0.05) is 12.1 Å². The fraction of sp³-hybridized carbons (Fsp3) is 0.429. The largest absolute Gasteiger partial charge is 0.493 e. The normalized spacial score (nSPS) is 12.7. The van der Waals surface area contributed by atoms with Gasteiger partial charge in [0.15, 0.2) is 11.5 Å². The number of hydrogen-bond donors (Lipinski definition) is 2. The number of ether oxygens (including phenoxy) is 3. The molecule has 0 spiro atoms. The molecule has 2 rings (SSSR count). The first kappa shape index (κ1) is 22.7. The Balaban J connectivity index is 2.01. The van der Waals surface area contributed by atoms with Crippen LogP contribution in [0.25, 0.3) is 0 Å². The van der Waals surface area contributed by atoms with E-state index < -0.39 is 0 Å². The summed E-state index contributed by atoms with van der Waals surface area (Å²) in [6.07, 6.45) is 0.166. The van der Waals surface area contributed by atoms with E-state index in [1.807, 2.05) is 42.6 Å². The van der Waals surface area contributed by atoms with E-state index in [1.54, 1.807) is 14.2 Å². The summed E-state index contributed by atoms with van der Waals surface area (Å²) in [5, 5.41) is 7.75. The molecule has 1 aromatic heterocycles. The fourth-order valence-electron chi connectivity index (χ4n) is 2.83. The first-order valence-corrected chi connectivity index (χ1v) is 10.2. The molecule has 29 heavy (non-hydrogen) atoms. The zero-order valence-electron chi connectivity index (χ0n) is 17.2. The quantitative estimate of drug-likeness (QED) is 0.545. The van der Waals surface area contributed by atoms with Crippen LogP contribution in [0.4, 0.5) is 0 Å². The van der Waals surface area contributed by atoms with Crippen LogP contribution in [0, 0.1) is 0 Å². The minimum atomic E-state index is -0.342. The first-order chi connectivity index (χ1) is 13.9. The van der Waals surface area contributed by atoms with E-state index >= 15 is 0 Å². The number of carbonyl (C=O) groups is 2. The minimum Gasteiger partial charge on any atom is -0.493 e. The van der Waals surface area contributed by atoms with Gasteiger partial charge in [-0.15, -0.1) is 11.3 Å². The molecule has 2 unspecified atom stereocenters. The molecular formula is C21H28N2O5S. The summed E-state index contributed by atoms with van der Waals surface area (Å²) < 4.78 is 16.0. The van der Waals surface area contributed by atoms with Crippen LogP contribution in [0.2, 0.25) is 0 Å². The van der Waals surface area contributed by atoms with Gasteiger partial charge in [0, 0.05) is 18.9 Å². The third-order valence-corrected chi connectivity index (χ3v) is 5.25. The fourth-order valence-corrected chi connectivity index (χ4v) is 3.61. The Morgan fingerprint density at radius 2 is 1.90 bits per heavy atom.